The summed E-state index contributed by atoms with van der Waals surface area (Å²) in [6, 6.07) is 11.4. The van der Waals surface area contributed by atoms with E-state index in [2.05, 4.69) is 75.9 Å². The summed E-state index contributed by atoms with van der Waals surface area (Å²) in [5.41, 5.74) is 2.86. The fourth-order valence-corrected chi connectivity index (χ4v) is 6.42. The van der Waals surface area contributed by atoms with E-state index in [-0.39, 0.29) is 24.4 Å². The molecule has 0 amide bonds. The molecule has 0 aliphatic carbocycles. The van der Waals surface area contributed by atoms with Crippen LogP contribution in [0.25, 0.3) is 0 Å². The molecule has 2 heterocycles. The fourth-order valence-electron chi connectivity index (χ4n) is 3.14. The molecule has 0 radical (unpaired) electrons. The molecule has 0 bridgehead atoms. The second kappa shape index (κ2) is 8.76. The lowest BCUT2D eigenvalue weighted by Crippen LogP contribution is -2.20. The zero-order valence-corrected chi connectivity index (χ0v) is 21.0. The van der Waals surface area contributed by atoms with Crippen molar-refractivity contribution in [2.24, 2.45) is 0 Å². The zero-order valence-electron chi connectivity index (χ0n) is 14.7. The number of epoxide rings is 2. The summed E-state index contributed by atoms with van der Waals surface area (Å²) in [5.74, 6) is 0. The van der Waals surface area contributed by atoms with Gasteiger partial charge in [0, 0.05) is 29.0 Å². The quantitative estimate of drug-likeness (QED) is 0.355. The molecule has 0 N–H and O–H groups in total. The third kappa shape index (κ3) is 4.62. The van der Waals surface area contributed by atoms with Gasteiger partial charge in [0.05, 0.1) is 36.5 Å². The Balaban J connectivity index is 1.73. The van der Waals surface area contributed by atoms with Crippen LogP contribution in [0.2, 0.25) is 0 Å². The number of nitriles is 2. The Labute approximate surface area is 201 Å². The molecule has 2 saturated heterocycles. The summed E-state index contributed by atoms with van der Waals surface area (Å²) in [5, 5.41) is 18.4. The van der Waals surface area contributed by atoms with Crippen LogP contribution in [0.5, 0.6) is 0 Å². The Hall–Kier alpha value is -0.780. The van der Waals surface area contributed by atoms with E-state index in [4.69, 9.17) is 14.2 Å². The van der Waals surface area contributed by atoms with Gasteiger partial charge in [0.15, 0.2) is 0 Å². The van der Waals surface area contributed by atoms with Crippen molar-refractivity contribution in [2.45, 2.75) is 24.4 Å². The Morgan fingerprint density at radius 2 is 1.07 bits per heavy atom. The molecule has 2 aromatic carbocycles. The topological polar surface area (TPSA) is 81.9 Å². The minimum atomic E-state index is -0.366. The molecular weight excluding hydrogens is 636 g/mol. The van der Waals surface area contributed by atoms with Gasteiger partial charge in [0.1, 0.15) is 24.4 Å². The van der Waals surface area contributed by atoms with Gasteiger partial charge in [-0.1, -0.05) is 63.7 Å². The van der Waals surface area contributed by atoms with Gasteiger partial charge in [-0.2, -0.15) is 10.5 Å². The van der Waals surface area contributed by atoms with Crippen LogP contribution >= 0.6 is 63.7 Å². The number of hydrogen-bond acceptors (Lipinski definition) is 5. The first-order chi connectivity index (χ1) is 13.9. The van der Waals surface area contributed by atoms with Crippen molar-refractivity contribution in [3.05, 3.63) is 64.4 Å². The van der Waals surface area contributed by atoms with Crippen LogP contribution in [-0.2, 0) is 14.2 Å². The molecule has 4 unspecified atom stereocenters. The first-order valence-electron chi connectivity index (χ1n) is 8.59. The number of ether oxygens (including phenoxy) is 3. The highest BCUT2D eigenvalue weighted by Gasteiger charge is 2.44. The summed E-state index contributed by atoms with van der Waals surface area (Å²) in [7, 11) is 0. The van der Waals surface area contributed by atoms with Gasteiger partial charge in [-0.3, -0.25) is 0 Å². The molecule has 9 heteroatoms. The Morgan fingerprint density at radius 3 is 1.31 bits per heavy atom. The molecule has 5 nitrogen and oxygen atoms in total. The van der Waals surface area contributed by atoms with Crippen molar-refractivity contribution in [1.29, 1.82) is 10.5 Å². The molecule has 4 atom stereocenters. The number of halogens is 4. The van der Waals surface area contributed by atoms with Crippen molar-refractivity contribution in [1.82, 2.24) is 0 Å². The minimum Gasteiger partial charge on any atom is -0.370 e. The normalized spacial score (nSPS) is 21.7. The van der Waals surface area contributed by atoms with E-state index >= 15 is 0 Å². The highest BCUT2D eigenvalue weighted by molar-refractivity contribution is 9.11. The lowest BCUT2D eigenvalue weighted by atomic mass is 10.0. The minimum absolute atomic E-state index is 0.0901. The van der Waals surface area contributed by atoms with Gasteiger partial charge < -0.3 is 14.2 Å². The molecule has 2 aliphatic rings. The van der Waals surface area contributed by atoms with E-state index in [1.165, 1.54) is 0 Å². The van der Waals surface area contributed by atoms with E-state index in [9.17, 15) is 10.5 Å². The van der Waals surface area contributed by atoms with Crippen LogP contribution in [0.15, 0.2) is 42.2 Å². The lowest BCUT2D eigenvalue weighted by molar-refractivity contribution is -0.0432. The molecule has 2 aliphatic heterocycles. The highest BCUT2D eigenvalue weighted by atomic mass is 79.9. The first-order valence-corrected chi connectivity index (χ1v) is 11.8. The molecular formula is C20H12Br4N2O3. The average molecular weight is 648 g/mol. The van der Waals surface area contributed by atoms with Crippen LogP contribution in [-0.4, -0.2) is 25.4 Å². The van der Waals surface area contributed by atoms with Gasteiger partial charge in [0.2, 0.25) is 0 Å². The molecule has 2 aromatic rings. The maximum absolute atomic E-state index is 9.22. The van der Waals surface area contributed by atoms with E-state index in [0.717, 1.165) is 29.0 Å². The van der Waals surface area contributed by atoms with Crippen LogP contribution in [0.1, 0.15) is 34.5 Å². The fraction of sp³-hybridized carbons (Fsp3) is 0.300. The van der Waals surface area contributed by atoms with Crippen molar-refractivity contribution in [2.75, 3.05) is 13.2 Å². The van der Waals surface area contributed by atoms with Crippen LogP contribution in [0.4, 0.5) is 0 Å². The summed E-state index contributed by atoms with van der Waals surface area (Å²) in [4.78, 5) is 0. The average Bonchev–Trinajstić information content (AvgIpc) is 3.57. The van der Waals surface area contributed by atoms with Gasteiger partial charge in [-0.05, 0) is 24.3 Å². The van der Waals surface area contributed by atoms with E-state index < -0.39 is 0 Å². The van der Waals surface area contributed by atoms with Gasteiger partial charge in [0.25, 0.3) is 0 Å². The smallest absolute Gasteiger partial charge is 0.114 e. The van der Waals surface area contributed by atoms with Crippen molar-refractivity contribution in [3.8, 4) is 12.1 Å². The van der Waals surface area contributed by atoms with E-state index in [0.29, 0.717) is 24.3 Å². The Morgan fingerprint density at radius 1 is 0.759 bits per heavy atom. The second-order valence-electron chi connectivity index (χ2n) is 6.65. The third-order valence-corrected chi connectivity index (χ3v) is 7.30. The molecule has 2 fully saturated rings. The van der Waals surface area contributed by atoms with Crippen molar-refractivity contribution < 1.29 is 14.2 Å². The number of nitrogens with zero attached hydrogens (tertiary/aromatic N) is 2. The van der Waals surface area contributed by atoms with Crippen LogP contribution in [0, 0.1) is 22.7 Å². The van der Waals surface area contributed by atoms with Crippen molar-refractivity contribution >= 4 is 63.7 Å². The predicted molar refractivity (Wildman–Crippen MR) is 119 cm³/mol. The van der Waals surface area contributed by atoms with E-state index in [1.54, 1.807) is 24.3 Å². The summed E-state index contributed by atoms with van der Waals surface area (Å²) in [6.07, 6.45) is -0.911. The van der Waals surface area contributed by atoms with Gasteiger partial charge in [-0.25, -0.2) is 0 Å². The SMILES string of the molecule is N#Cc1cc(Br)c(C(OC(c2c(Br)cc(C#N)cc2Br)C2CO2)C2CO2)c(Br)c1. The standard InChI is InChI=1S/C20H12Br4N2O3/c21-11-1-9(5-25)2-12(22)17(11)19(15-7-27-15)29-20(16-8-28-16)18-13(23)3-10(6-26)4-14(18)24/h1-4,15-16,19-20H,7-8H2. The summed E-state index contributed by atoms with van der Waals surface area (Å²) >= 11 is 14.3. The van der Waals surface area contributed by atoms with Crippen LogP contribution in [0.3, 0.4) is 0 Å². The van der Waals surface area contributed by atoms with Crippen molar-refractivity contribution in [3.63, 3.8) is 0 Å². The molecule has 4 rings (SSSR count). The molecule has 0 saturated carbocycles. The predicted octanol–water partition coefficient (Wildman–Crippen LogP) is 6.08. The van der Waals surface area contributed by atoms with E-state index in [1.807, 2.05) is 0 Å². The Kier molecular flexibility index (Phi) is 6.48. The molecule has 0 aromatic heterocycles. The molecule has 29 heavy (non-hydrogen) atoms. The first kappa shape index (κ1) is 21.5. The zero-order chi connectivity index (χ0) is 20.7. The largest absolute Gasteiger partial charge is 0.370 e. The van der Waals surface area contributed by atoms with Gasteiger partial charge in [-0.15, -0.1) is 0 Å². The maximum Gasteiger partial charge on any atom is 0.114 e. The lowest BCUT2D eigenvalue weighted by Gasteiger charge is -2.27. The van der Waals surface area contributed by atoms with Crippen LogP contribution < -0.4 is 0 Å². The third-order valence-electron chi connectivity index (χ3n) is 4.67. The Bertz CT molecular complexity index is 925. The maximum atomic E-state index is 9.22. The number of rotatable bonds is 6. The number of hydrogen-bond donors (Lipinski definition) is 0. The molecule has 0 spiro atoms. The summed E-state index contributed by atoms with van der Waals surface area (Å²) < 4.78 is 20.9. The number of benzene rings is 2. The highest BCUT2D eigenvalue weighted by Crippen LogP contribution is 2.47. The van der Waals surface area contributed by atoms with Gasteiger partial charge >= 0.3 is 0 Å². The summed E-state index contributed by atoms with van der Waals surface area (Å²) in [6.45, 7) is 1.19. The second-order valence-corrected chi connectivity index (χ2v) is 10.1. The monoisotopic (exact) mass is 644 g/mol. The molecule has 148 valence electrons.